The minimum absolute atomic E-state index is 0.161. The lowest BCUT2D eigenvalue weighted by Gasteiger charge is -2.26. The quantitative estimate of drug-likeness (QED) is 0.170. The number of nitrogens with zero attached hydrogens (tertiary/aromatic N) is 4. The number of rotatable bonds is 9. The van der Waals surface area contributed by atoms with Crippen LogP contribution in [-0.2, 0) is 5.41 Å². The van der Waals surface area contributed by atoms with E-state index in [1.165, 1.54) is 38.4 Å². The van der Waals surface area contributed by atoms with Gasteiger partial charge in [-0.15, -0.1) is 0 Å². The van der Waals surface area contributed by atoms with E-state index < -0.39 is 17.7 Å². The van der Waals surface area contributed by atoms with Gasteiger partial charge in [-0.3, -0.25) is 14.6 Å². The fourth-order valence-electron chi connectivity index (χ4n) is 4.95. The average molecular weight is 591 g/mol. The maximum atomic E-state index is 12.5. The predicted octanol–water partition coefficient (Wildman–Crippen LogP) is 5.30. The van der Waals surface area contributed by atoms with Gasteiger partial charge in [-0.05, 0) is 70.1 Å². The first-order chi connectivity index (χ1) is 20.3. The number of nitrogens with one attached hydrogen (secondary N) is 2. The lowest BCUT2D eigenvalue weighted by molar-refractivity contribution is -0.0956. The van der Waals surface area contributed by atoms with Crippen molar-refractivity contribution in [3.63, 3.8) is 0 Å². The first-order valence-electron chi connectivity index (χ1n) is 14.0. The second-order valence-corrected chi connectivity index (χ2v) is 12.1. The van der Waals surface area contributed by atoms with Gasteiger partial charge < -0.3 is 24.8 Å². The number of urea groups is 1. The monoisotopic (exact) mass is 590 g/mol. The van der Waals surface area contributed by atoms with Crippen molar-refractivity contribution in [3.05, 3.63) is 60.5 Å². The molecule has 2 aromatic carbocycles. The summed E-state index contributed by atoms with van der Waals surface area (Å²) in [6.07, 6.45) is 4.29. The molecular formula is C30H34N6O5S. The average Bonchev–Trinajstić information content (AvgIpc) is 3.69. The summed E-state index contributed by atoms with van der Waals surface area (Å²) in [4.78, 5) is 20.7. The lowest BCUT2D eigenvalue weighted by atomic mass is 9.89. The molecule has 12 heteroatoms. The number of anilines is 2. The molecule has 0 atom stereocenters. The summed E-state index contributed by atoms with van der Waals surface area (Å²) < 4.78 is 14.4. The Labute approximate surface area is 246 Å². The van der Waals surface area contributed by atoms with Crippen molar-refractivity contribution >= 4 is 44.1 Å². The van der Waals surface area contributed by atoms with Crippen molar-refractivity contribution in [2.75, 3.05) is 36.9 Å². The Bertz CT molecular complexity index is 1680. The second-order valence-electron chi connectivity index (χ2n) is 11.1. The third-order valence-corrected chi connectivity index (χ3v) is 8.68. The Kier molecular flexibility index (Phi) is 7.86. The largest absolute Gasteiger partial charge is 0.492 e. The number of thiazole rings is 1. The van der Waals surface area contributed by atoms with Crippen LogP contribution < -0.4 is 15.4 Å². The highest BCUT2D eigenvalue weighted by Gasteiger charge is 2.33. The molecule has 1 fully saturated rings. The van der Waals surface area contributed by atoms with Crippen LogP contribution in [0.2, 0.25) is 0 Å². The van der Waals surface area contributed by atoms with Gasteiger partial charge in [-0.25, -0.2) is 9.78 Å². The van der Waals surface area contributed by atoms with Gasteiger partial charge in [-0.1, -0.05) is 35.0 Å². The molecule has 0 saturated carbocycles. The van der Waals surface area contributed by atoms with E-state index in [1.807, 2.05) is 24.4 Å². The Morgan fingerprint density at radius 2 is 1.88 bits per heavy atom. The van der Waals surface area contributed by atoms with Crippen LogP contribution >= 0.6 is 11.3 Å². The standard InChI is InChI=1S/C30H34N6O5S/c1-30(2,27(37)38)25-17-26(34-41-25)33-28(39)31-20-8-6-19(7-9-20)22-18-36-23-11-10-21(16-24(23)42-29(36)32-22)40-15-14-35-12-4-3-5-13-35/h6-11,16-18,27,37-38H,3-5,12-15H2,1-2H3,(H2,31,33,34,39). The number of fused-ring (bicyclic) bond motifs is 3. The summed E-state index contributed by atoms with van der Waals surface area (Å²) >= 11 is 1.62. The fourth-order valence-corrected chi connectivity index (χ4v) is 5.99. The van der Waals surface area contributed by atoms with Gasteiger partial charge >= 0.3 is 6.03 Å². The summed E-state index contributed by atoms with van der Waals surface area (Å²) in [5.41, 5.74) is 2.36. The number of benzene rings is 2. The number of carbonyl (C=O) groups is 1. The first kappa shape index (κ1) is 28.2. The molecule has 220 valence electrons. The number of carbonyl (C=O) groups excluding carboxylic acids is 1. The molecule has 2 amide bonds. The number of hydrogen-bond donors (Lipinski definition) is 4. The number of ether oxygens (including phenoxy) is 1. The van der Waals surface area contributed by atoms with Crippen LogP contribution in [0.4, 0.5) is 16.3 Å². The van der Waals surface area contributed by atoms with Crippen LogP contribution in [0.3, 0.4) is 0 Å². The molecule has 0 bridgehead atoms. The maximum absolute atomic E-state index is 12.5. The van der Waals surface area contributed by atoms with Gasteiger partial charge in [-0.2, -0.15) is 0 Å². The van der Waals surface area contributed by atoms with Crippen LogP contribution in [0, 0.1) is 0 Å². The van der Waals surface area contributed by atoms with Crippen molar-refractivity contribution < 1.29 is 24.3 Å². The number of likely N-dealkylation sites (tertiary alicyclic amines) is 1. The van der Waals surface area contributed by atoms with E-state index in [4.69, 9.17) is 14.2 Å². The summed E-state index contributed by atoms with van der Waals surface area (Å²) in [5.74, 6) is 1.28. The summed E-state index contributed by atoms with van der Waals surface area (Å²) in [7, 11) is 0. The van der Waals surface area contributed by atoms with Crippen LogP contribution in [0.5, 0.6) is 5.75 Å². The van der Waals surface area contributed by atoms with Crippen LogP contribution in [0.15, 0.2) is 59.3 Å². The van der Waals surface area contributed by atoms with E-state index in [2.05, 4.69) is 37.2 Å². The Morgan fingerprint density at radius 3 is 2.64 bits per heavy atom. The van der Waals surface area contributed by atoms with E-state index in [9.17, 15) is 15.0 Å². The zero-order chi connectivity index (χ0) is 29.3. The molecule has 11 nitrogen and oxygen atoms in total. The molecule has 0 spiro atoms. The number of aliphatic hydroxyl groups is 2. The Hall–Kier alpha value is -3.97. The summed E-state index contributed by atoms with van der Waals surface area (Å²) in [6, 6.07) is 14.5. The van der Waals surface area contributed by atoms with Crippen molar-refractivity contribution in [2.45, 2.75) is 44.8 Å². The number of piperidine rings is 1. The molecule has 4 heterocycles. The molecule has 1 saturated heterocycles. The van der Waals surface area contributed by atoms with E-state index in [1.54, 1.807) is 37.3 Å². The topological polar surface area (TPSA) is 137 Å². The first-order valence-corrected chi connectivity index (χ1v) is 14.9. The molecule has 1 aliphatic rings. The number of amides is 2. The zero-order valence-corrected chi connectivity index (χ0v) is 24.4. The smallest absolute Gasteiger partial charge is 0.324 e. The minimum atomic E-state index is -1.64. The molecule has 0 aliphatic carbocycles. The van der Waals surface area contributed by atoms with E-state index in [-0.39, 0.29) is 11.6 Å². The molecule has 1 aliphatic heterocycles. The van der Waals surface area contributed by atoms with E-state index in [0.717, 1.165) is 38.7 Å². The number of hydrogen-bond acceptors (Lipinski definition) is 9. The van der Waals surface area contributed by atoms with E-state index in [0.29, 0.717) is 12.3 Å². The molecular weight excluding hydrogens is 556 g/mol. The van der Waals surface area contributed by atoms with Gasteiger partial charge in [0.1, 0.15) is 18.1 Å². The van der Waals surface area contributed by atoms with Crippen molar-refractivity contribution in [3.8, 4) is 17.0 Å². The maximum Gasteiger partial charge on any atom is 0.324 e. The van der Waals surface area contributed by atoms with Crippen molar-refractivity contribution in [1.29, 1.82) is 0 Å². The van der Waals surface area contributed by atoms with Gasteiger partial charge in [0.15, 0.2) is 17.1 Å². The zero-order valence-electron chi connectivity index (χ0n) is 23.5. The van der Waals surface area contributed by atoms with Crippen molar-refractivity contribution in [2.24, 2.45) is 0 Å². The third kappa shape index (κ3) is 5.97. The predicted molar refractivity (Wildman–Crippen MR) is 162 cm³/mol. The van der Waals surface area contributed by atoms with Gasteiger partial charge in [0.25, 0.3) is 0 Å². The third-order valence-electron chi connectivity index (χ3n) is 7.66. The molecule has 5 aromatic rings. The highest BCUT2D eigenvalue weighted by atomic mass is 32.1. The molecule has 0 radical (unpaired) electrons. The highest BCUT2D eigenvalue weighted by Crippen LogP contribution is 2.32. The molecule has 0 unspecified atom stereocenters. The molecule has 3 aromatic heterocycles. The Morgan fingerprint density at radius 1 is 1.10 bits per heavy atom. The van der Waals surface area contributed by atoms with Gasteiger partial charge in [0.05, 0.1) is 21.3 Å². The fraction of sp³-hybridized carbons (Fsp3) is 0.367. The SMILES string of the molecule is CC(C)(c1cc(NC(=O)Nc2ccc(-c3cn4c(n3)sc3cc(OCCN5CCCCC5)ccc34)cc2)no1)C(O)O. The Balaban J connectivity index is 1.07. The van der Waals surface area contributed by atoms with Crippen LogP contribution in [0.25, 0.3) is 26.4 Å². The van der Waals surface area contributed by atoms with Crippen LogP contribution in [0.1, 0.15) is 38.9 Å². The highest BCUT2D eigenvalue weighted by molar-refractivity contribution is 7.23. The van der Waals surface area contributed by atoms with Crippen molar-refractivity contribution in [1.82, 2.24) is 19.4 Å². The minimum Gasteiger partial charge on any atom is -0.492 e. The van der Waals surface area contributed by atoms with E-state index >= 15 is 0 Å². The van der Waals surface area contributed by atoms with Gasteiger partial charge in [0.2, 0.25) is 0 Å². The molecule has 6 rings (SSSR count). The summed E-state index contributed by atoms with van der Waals surface area (Å²) in [6.45, 7) is 7.19. The molecule has 42 heavy (non-hydrogen) atoms. The number of aliphatic hydroxyl groups excluding tert-OH is 1. The number of imidazole rings is 1. The summed E-state index contributed by atoms with van der Waals surface area (Å²) in [5, 5.41) is 28.2. The normalized spacial score (nSPS) is 14.6. The van der Waals surface area contributed by atoms with Crippen LogP contribution in [-0.4, -0.2) is 68.2 Å². The number of aromatic nitrogens is 3. The van der Waals surface area contributed by atoms with Gasteiger partial charge in [0, 0.05) is 30.1 Å². The second kappa shape index (κ2) is 11.7. The lowest BCUT2D eigenvalue weighted by Crippen LogP contribution is -2.33. The molecule has 4 N–H and O–H groups in total.